The molecule has 0 aliphatic heterocycles. The molecular weight excluding hydrogens is 216 g/mol. The van der Waals surface area contributed by atoms with Crippen LogP contribution in [0.2, 0.25) is 0 Å². The maximum atomic E-state index is 11.5. The number of hydrogen-bond acceptors (Lipinski definition) is 3. The van der Waals surface area contributed by atoms with Gasteiger partial charge in [-0.25, -0.2) is 4.79 Å². The molecule has 1 rings (SSSR count). The predicted octanol–water partition coefficient (Wildman–Crippen LogP) is 2.27. The fourth-order valence-electron chi connectivity index (χ4n) is 1.66. The van der Waals surface area contributed by atoms with Crippen LogP contribution in [0, 0.1) is 0 Å². The predicted molar refractivity (Wildman–Crippen MR) is 66.6 cm³/mol. The maximum absolute atomic E-state index is 11.5. The highest BCUT2D eigenvalue weighted by molar-refractivity contribution is 5.76. The summed E-state index contributed by atoms with van der Waals surface area (Å²) in [4.78, 5) is 11.5. The van der Waals surface area contributed by atoms with Crippen LogP contribution >= 0.6 is 0 Å². The van der Waals surface area contributed by atoms with Gasteiger partial charge in [-0.1, -0.05) is 42.5 Å². The number of rotatable bonds is 5. The van der Waals surface area contributed by atoms with Gasteiger partial charge < -0.3 is 9.84 Å². The van der Waals surface area contributed by atoms with Crippen LogP contribution in [0.3, 0.4) is 0 Å². The summed E-state index contributed by atoms with van der Waals surface area (Å²) in [5.74, 6) is -0.945. The summed E-state index contributed by atoms with van der Waals surface area (Å²) in [6.45, 7) is 3.85. The second kappa shape index (κ2) is 6.86. The Morgan fingerprint density at radius 1 is 1.41 bits per heavy atom. The van der Waals surface area contributed by atoms with E-state index in [2.05, 4.69) is 0 Å². The topological polar surface area (TPSA) is 46.5 Å². The van der Waals surface area contributed by atoms with Crippen LogP contribution in [-0.2, 0) is 9.53 Å². The first-order valence-electron chi connectivity index (χ1n) is 5.73. The largest absolute Gasteiger partial charge is 0.464 e. The zero-order valence-electron chi connectivity index (χ0n) is 10.2. The number of benzene rings is 1. The van der Waals surface area contributed by atoms with Gasteiger partial charge in [0.25, 0.3) is 0 Å². The van der Waals surface area contributed by atoms with Crippen molar-refractivity contribution in [2.45, 2.75) is 25.9 Å². The van der Waals surface area contributed by atoms with Crippen molar-refractivity contribution in [2.75, 3.05) is 6.61 Å². The van der Waals surface area contributed by atoms with Gasteiger partial charge in [0.2, 0.25) is 0 Å². The fraction of sp³-hybridized carbons (Fsp3) is 0.357. The molecule has 0 heterocycles. The fourth-order valence-corrected chi connectivity index (χ4v) is 1.66. The van der Waals surface area contributed by atoms with Crippen LogP contribution in [0.1, 0.15) is 25.3 Å². The van der Waals surface area contributed by atoms with E-state index in [9.17, 15) is 9.90 Å². The van der Waals surface area contributed by atoms with E-state index in [0.29, 0.717) is 0 Å². The molecule has 0 bridgehead atoms. The van der Waals surface area contributed by atoms with Crippen molar-refractivity contribution in [2.24, 2.45) is 0 Å². The Bertz CT molecular complexity index is 370. The first-order chi connectivity index (χ1) is 8.20. The normalized spacial score (nSPS) is 14.5. The summed E-state index contributed by atoms with van der Waals surface area (Å²) in [7, 11) is 0. The van der Waals surface area contributed by atoms with Crippen LogP contribution in [-0.4, -0.2) is 23.8 Å². The van der Waals surface area contributed by atoms with E-state index in [0.717, 1.165) is 5.56 Å². The maximum Gasteiger partial charge on any atom is 0.335 e. The number of carbonyl (C=O) groups excluding carboxylic acids is 1. The van der Waals surface area contributed by atoms with E-state index in [-0.39, 0.29) is 12.5 Å². The minimum Gasteiger partial charge on any atom is -0.464 e. The summed E-state index contributed by atoms with van der Waals surface area (Å²) in [6, 6.07) is 9.42. The molecule has 0 aliphatic carbocycles. The molecule has 1 aromatic carbocycles. The lowest BCUT2D eigenvalue weighted by Gasteiger charge is -2.18. The van der Waals surface area contributed by atoms with Crippen LogP contribution in [0.5, 0.6) is 0 Å². The van der Waals surface area contributed by atoms with Crippen LogP contribution < -0.4 is 0 Å². The Balaban J connectivity index is 2.90. The minimum absolute atomic E-state index is 0.271. The molecule has 0 aromatic heterocycles. The molecule has 0 radical (unpaired) electrons. The standard InChI is InChI=1S/C14H18O3/c1-3-8-12(11-9-6-5-7-10-11)13(15)14(16)17-4-2/h3,5-10,12-13,15H,4H2,1-2H3/b8-3+/t12-,13+/m1/s1. The Kier molecular flexibility index (Phi) is 5.43. The van der Waals surface area contributed by atoms with Crippen molar-refractivity contribution in [3.05, 3.63) is 48.0 Å². The number of aliphatic hydroxyl groups excluding tert-OH is 1. The molecule has 1 aromatic rings. The van der Waals surface area contributed by atoms with Crippen molar-refractivity contribution >= 4 is 5.97 Å². The van der Waals surface area contributed by atoms with E-state index < -0.39 is 12.1 Å². The molecule has 3 nitrogen and oxygen atoms in total. The lowest BCUT2D eigenvalue weighted by atomic mass is 9.93. The molecule has 0 saturated heterocycles. The third-order valence-electron chi connectivity index (χ3n) is 2.45. The smallest absolute Gasteiger partial charge is 0.335 e. The Morgan fingerprint density at radius 2 is 2.06 bits per heavy atom. The summed E-state index contributed by atoms with van der Waals surface area (Å²) in [6.07, 6.45) is 2.46. The highest BCUT2D eigenvalue weighted by atomic mass is 16.5. The van der Waals surface area contributed by atoms with Gasteiger partial charge in [0.15, 0.2) is 6.10 Å². The summed E-state index contributed by atoms with van der Waals surface area (Å²) in [5.41, 5.74) is 0.895. The van der Waals surface area contributed by atoms with Crippen molar-refractivity contribution in [1.82, 2.24) is 0 Å². The molecule has 0 spiro atoms. The van der Waals surface area contributed by atoms with Gasteiger partial charge in [0.1, 0.15) is 0 Å². The number of esters is 1. The summed E-state index contributed by atoms with van der Waals surface area (Å²) >= 11 is 0. The molecule has 0 amide bonds. The van der Waals surface area contributed by atoms with Gasteiger partial charge in [-0.3, -0.25) is 0 Å². The molecule has 0 fully saturated rings. The van der Waals surface area contributed by atoms with Crippen molar-refractivity contribution < 1.29 is 14.6 Å². The van der Waals surface area contributed by atoms with Gasteiger partial charge >= 0.3 is 5.97 Å². The molecule has 3 heteroatoms. The first-order valence-corrected chi connectivity index (χ1v) is 5.73. The Labute approximate surface area is 102 Å². The van der Waals surface area contributed by atoms with Crippen molar-refractivity contribution in [3.63, 3.8) is 0 Å². The van der Waals surface area contributed by atoms with Gasteiger partial charge in [0, 0.05) is 5.92 Å². The Hall–Kier alpha value is -1.61. The third kappa shape index (κ3) is 3.71. The average Bonchev–Trinajstić information content (AvgIpc) is 2.36. The van der Waals surface area contributed by atoms with Gasteiger partial charge in [-0.2, -0.15) is 0 Å². The van der Waals surface area contributed by atoms with Crippen LogP contribution in [0.4, 0.5) is 0 Å². The lowest BCUT2D eigenvalue weighted by molar-refractivity contribution is -0.153. The molecular formula is C14H18O3. The number of carbonyl (C=O) groups is 1. The van der Waals surface area contributed by atoms with Crippen LogP contribution in [0.25, 0.3) is 0 Å². The van der Waals surface area contributed by atoms with E-state index in [4.69, 9.17) is 4.74 Å². The van der Waals surface area contributed by atoms with Crippen LogP contribution in [0.15, 0.2) is 42.5 Å². The molecule has 17 heavy (non-hydrogen) atoms. The highest BCUT2D eigenvalue weighted by Crippen LogP contribution is 2.22. The van der Waals surface area contributed by atoms with Crippen molar-refractivity contribution in [3.8, 4) is 0 Å². The van der Waals surface area contributed by atoms with Gasteiger partial charge in [-0.15, -0.1) is 0 Å². The second-order valence-electron chi connectivity index (χ2n) is 3.66. The third-order valence-corrected chi connectivity index (χ3v) is 2.45. The van der Waals surface area contributed by atoms with Gasteiger partial charge in [0.05, 0.1) is 6.61 Å². The summed E-state index contributed by atoms with van der Waals surface area (Å²) in [5, 5.41) is 9.97. The quantitative estimate of drug-likeness (QED) is 0.628. The number of ether oxygens (including phenoxy) is 1. The van der Waals surface area contributed by atoms with E-state index in [1.165, 1.54) is 0 Å². The van der Waals surface area contributed by atoms with Gasteiger partial charge in [-0.05, 0) is 19.4 Å². The number of aliphatic hydroxyl groups is 1. The zero-order chi connectivity index (χ0) is 12.7. The molecule has 0 aliphatic rings. The minimum atomic E-state index is -1.16. The molecule has 2 atom stereocenters. The SMILES string of the molecule is C/C=C/[C@H](c1ccccc1)[C@H](O)C(=O)OCC. The lowest BCUT2D eigenvalue weighted by Crippen LogP contribution is -2.29. The monoisotopic (exact) mass is 234 g/mol. The zero-order valence-corrected chi connectivity index (χ0v) is 10.2. The molecule has 1 N–H and O–H groups in total. The number of allylic oxidation sites excluding steroid dienone is 1. The van der Waals surface area contributed by atoms with E-state index in [1.807, 2.05) is 43.3 Å². The summed E-state index contributed by atoms with van der Waals surface area (Å²) < 4.78 is 4.83. The van der Waals surface area contributed by atoms with Crippen molar-refractivity contribution in [1.29, 1.82) is 0 Å². The average molecular weight is 234 g/mol. The second-order valence-corrected chi connectivity index (χ2v) is 3.66. The Morgan fingerprint density at radius 3 is 2.59 bits per heavy atom. The molecule has 0 saturated carbocycles. The first kappa shape index (κ1) is 13.5. The highest BCUT2D eigenvalue weighted by Gasteiger charge is 2.26. The molecule has 0 unspecified atom stereocenters. The molecule has 92 valence electrons. The van der Waals surface area contributed by atoms with E-state index >= 15 is 0 Å². The number of hydrogen-bond donors (Lipinski definition) is 1. The van der Waals surface area contributed by atoms with E-state index in [1.54, 1.807) is 13.0 Å².